The van der Waals surface area contributed by atoms with Crippen molar-refractivity contribution in [1.29, 1.82) is 0 Å². The van der Waals surface area contributed by atoms with Crippen LogP contribution in [0.3, 0.4) is 0 Å². The SMILES string of the molecule is COC[C@]12CNC3[C@@H]4[C@H](OC)[C@H]1[C@@]3([C@@H](OC)C[C@H]2O)[C@@H]1C[C@@]2(O)[C@H](OC(=O)c3ccccc3)[C@@H]1[C@]4(OC(C)=O)[C@@H](O)[C@@H]2OC. The molecule has 1 aromatic rings. The van der Waals surface area contributed by atoms with Crippen LogP contribution >= 0.6 is 0 Å². The highest BCUT2D eigenvalue weighted by molar-refractivity contribution is 5.89. The van der Waals surface area contributed by atoms with Gasteiger partial charge in [0.25, 0.3) is 0 Å². The summed E-state index contributed by atoms with van der Waals surface area (Å²) in [6, 6.07) is 8.08. The fourth-order valence-electron chi connectivity index (χ4n) is 11.7. The normalized spacial score (nSPS) is 51.1. The van der Waals surface area contributed by atoms with Gasteiger partial charge in [0, 0.05) is 83.0 Å². The third-order valence-corrected chi connectivity index (χ3v) is 12.6. The van der Waals surface area contributed by atoms with E-state index in [0.29, 0.717) is 18.5 Å². The van der Waals surface area contributed by atoms with Crippen LogP contribution in [0.5, 0.6) is 0 Å². The van der Waals surface area contributed by atoms with E-state index in [2.05, 4.69) is 5.32 Å². The van der Waals surface area contributed by atoms with Gasteiger partial charge in [0.15, 0.2) is 5.60 Å². The Morgan fingerprint density at radius 1 is 1.00 bits per heavy atom. The summed E-state index contributed by atoms with van der Waals surface area (Å²) >= 11 is 0. The van der Waals surface area contributed by atoms with E-state index in [9.17, 15) is 24.9 Å². The van der Waals surface area contributed by atoms with E-state index in [0.717, 1.165) is 0 Å². The smallest absolute Gasteiger partial charge is 0.338 e. The second-order valence-corrected chi connectivity index (χ2v) is 13.8. The molecule has 5 aliphatic carbocycles. The number of benzene rings is 1. The molecule has 1 saturated heterocycles. The summed E-state index contributed by atoms with van der Waals surface area (Å²) < 4.78 is 36.9. The van der Waals surface area contributed by atoms with Crippen LogP contribution in [0.25, 0.3) is 0 Å². The molecule has 1 spiro atoms. The van der Waals surface area contributed by atoms with Gasteiger partial charge in [-0.1, -0.05) is 18.2 Å². The minimum absolute atomic E-state index is 0.0693. The molecule has 1 aromatic carbocycles. The van der Waals surface area contributed by atoms with Crippen molar-refractivity contribution in [1.82, 2.24) is 5.32 Å². The molecule has 242 valence electrons. The fraction of sp³-hybridized carbons (Fsp3) is 0.750. The van der Waals surface area contributed by atoms with E-state index in [-0.39, 0.29) is 18.9 Å². The highest BCUT2D eigenvalue weighted by Crippen LogP contribution is 2.79. The first-order valence-electron chi connectivity index (χ1n) is 15.4. The fourth-order valence-corrected chi connectivity index (χ4v) is 11.7. The summed E-state index contributed by atoms with van der Waals surface area (Å²) in [5.74, 6) is -3.70. The van der Waals surface area contributed by atoms with Crippen LogP contribution < -0.4 is 5.32 Å². The maximum absolute atomic E-state index is 13.6. The number of nitrogens with one attached hydrogen (secondary N) is 1. The quantitative estimate of drug-likeness (QED) is 0.288. The number of aliphatic hydroxyl groups excluding tert-OH is 2. The minimum Gasteiger partial charge on any atom is -0.455 e. The van der Waals surface area contributed by atoms with Crippen molar-refractivity contribution in [3.05, 3.63) is 35.9 Å². The van der Waals surface area contributed by atoms with Crippen molar-refractivity contribution in [2.45, 2.75) is 73.6 Å². The number of rotatable bonds is 8. The van der Waals surface area contributed by atoms with E-state index < -0.39 is 94.4 Å². The Hall–Kier alpha value is -2.16. The Kier molecular flexibility index (Phi) is 7.05. The third kappa shape index (κ3) is 3.36. The van der Waals surface area contributed by atoms with E-state index in [1.165, 1.54) is 14.0 Å². The number of ether oxygens (including phenoxy) is 6. The molecule has 15 atom stereocenters. The summed E-state index contributed by atoms with van der Waals surface area (Å²) in [5, 5.41) is 40.4. The summed E-state index contributed by atoms with van der Waals surface area (Å²) in [4.78, 5) is 26.7. The minimum atomic E-state index is -1.83. The first-order valence-corrected chi connectivity index (χ1v) is 15.4. The number of aliphatic hydroxyl groups is 3. The van der Waals surface area contributed by atoms with E-state index >= 15 is 0 Å². The van der Waals surface area contributed by atoms with Crippen molar-refractivity contribution >= 4 is 11.9 Å². The van der Waals surface area contributed by atoms with Crippen LogP contribution in [0.2, 0.25) is 0 Å². The molecule has 7 bridgehead atoms. The number of piperidine rings is 1. The van der Waals surface area contributed by atoms with Crippen molar-refractivity contribution in [2.75, 3.05) is 41.6 Å². The zero-order valence-electron chi connectivity index (χ0n) is 25.7. The number of methoxy groups -OCH3 is 4. The molecule has 12 heteroatoms. The van der Waals surface area contributed by atoms with Gasteiger partial charge in [-0.05, 0) is 24.5 Å². The van der Waals surface area contributed by atoms with E-state index in [1.54, 1.807) is 51.7 Å². The molecule has 44 heavy (non-hydrogen) atoms. The second kappa shape index (κ2) is 10.2. The Labute approximate surface area is 256 Å². The lowest BCUT2D eigenvalue weighted by Crippen LogP contribution is -2.81. The molecule has 0 amide bonds. The molecule has 12 nitrogen and oxygen atoms in total. The maximum Gasteiger partial charge on any atom is 0.338 e. The number of fused-ring (bicyclic) bond motifs is 2. The molecule has 4 N–H and O–H groups in total. The van der Waals surface area contributed by atoms with Gasteiger partial charge in [0.1, 0.15) is 23.9 Å². The van der Waals surface area contributed by atoms with Gasteiger partial charge in [-0.2, -0.15) is 0 Å². The van der Waals surface area contributed by atoms with Crippen molar-refractivity contribution in [3.8, 4) is 0 Å². The van der Waals surface area contributed by atoms with Gasteiger partial charge < -0.3 is 49.1 Å². The molecule has 5 saturated carbocycles. The standard InChI is InChI=1S/C32H43NO11/c1-15(34)44-32-20-17(12-30(38,27(42-5)25(32)36)26(20)43-28(37)16-9-7-6-8-10-16)31-19(40-3)11-18(35)29(14-39-2)13-33-24(31)21(32)22(41-4)23(29)31/h6-10,17-27,33,35-36,38H,11-14H2,1-5H3/t17-,18-,19+,20-,21+,22+,23-,24?,25+,26-,27+,29+,30-,31+,32-/m1/s1. The lowest BCUT2D eigenvalue weighted by Gasteiger charge is -2.68. The first-order chi connectivity index (χ1) is 21.0. The predicted octanol–water partition coefficient (Wildman–Crippen LogP) is -0.0842. The molecular formula is C32H43NO11. The zero-order valence-corrected chi connectivity index (χ0v) is 25.7. The first kappa shape index (κ1) is 30.5. The average Bonchev–Trinajstić information content (AvgIpc) is 3.35. The van der Waals surface area contributed by atoms with Gasteiger partial charge in [-0.3, -0.25) is 4.79 Å². The molecule has 1 heterocycles. The Bertz CT molecular complexity index is 1310. The molecule has 6 fully saturated rings. The Balaban J connectivity index is 1.50. The molecule has 0 radical (unpaired) electrons. The third-order valence-electron chi connectivity index (χ3n) is 12.6. The number of esters is 2. The largest absolute Gasteiger partial charge is 0.455 e. The predicted molar refractivity (Wildman–Crippen MR) is 151 cm³/mol. The van der Waals surface area contributed by atoms with Crippen molar-refractivity contribution in [3.63, 3.8) is 0 Å². The van der Waals surface area contributed by atoms with Crippen LogP contribution in [-0.2, 0) is 33.2 Å². The second-order valence-electron chi connectivity index (χ2n) is 13.8. The summed E-state index contributed by atoms with van der Waals surface area (Å²) in [5.41, 5.74) is -4.81. The number of hydrogen-bond acceptors (Lipinski definition) is 12. The van der Waals surface area contributed by atoms with E-state index in [1.807, 2.05) is 0 Å². The molecule has 0 aromatic heterocycles. The average molecular weight is 618 g/mol. The van der Waals surface area contributed by atoms with Gasteiger partial charge in [-0.25, -0.2) is 4.79 Å². The van der Waals surface area contributed by atoms with Crippen LogP contribution in [0, 0.1) is 34.5 Å². The topological polar surface area (TPSA) is 162 Å². The van der Waals surface area contributed by atoms with Crippen molar-refractivity contribution in [2.24, 2.45) is 34.5 Å². The van der Waals surface area contributed by atoms with E-state index in [4.69, 9.17) is 28.4 Å². The van der Waals surface area contributed by atoms with Crippen LogP contribution in [0.1, 0.15) is 30.1 Å². The molecule has 6 aliphatic rings. The lowest BCUT2D eigenvalue weighted by atomic mass is 9.43. The number of carbonyl (C=O) groups excluding carboxylic acids is 2. The summed E-state index contributed by atoms with van der Waals surface area (Å²) in [6.07, 6.45) is -5.53. The van der Waals surface area contributed by atoms with Crippen LogP contribution in [0.15, 0.2) is 30.3 Å². The van der Waals surface area contributed by atoms with Crippen LogP contribution in [0.4, 0.5) is 0 Å². The molecule has 1 unspecified atom stereocenters. The van der Waals surface area contributed by atoms with Crippen molar-refractivity contribution < 1.29 is 53.3 Å². The van der Waals surface area contributed by atoms with Gasteiger partial charge in [-0.15, -0.1) is 0 Å². The lowest BCUT2D eigenvalue weighted by molar-refractivity contribution is -0.310. The number of hydrogen-bond donors (Lipinski definition) is 4. The molecule has 7 rings (SSSR count). The van der Waals surface area contributed by atoms with Crippen LogP contribution in [-0.4, -0.2) is 123 Å². The number of carbonyl (C=O) groups is 2. The van der Waals surface area contributed by atoms with Gasteiger partial charge >= 0.3 is 11.9 Å². The molecular weight excluding hydrogens is 574 g/mol. The van der Waals surface area contributed by atoms with Gasteiger partial charge in [0.2, 0.25) is 0 Å². The highest BCUT2D eigenvalue weighted by atomic mass is 16.6. The highest BCUT2D eigenvalue weighted by Gasteiger charge is 2.91. The Morgan fingerprint density at radius 2 is 1.73 bits per heavy atom. The van der Waals surface area contributed by atoms with Gasteiger partial charge in [0.05, 0.1) is 30.5 Å². The maximum atomic E-state index is 13.6. The zero-order chi connectivity index (χ0) is 31.4. The Morgan fingerprint density at radius 3 is 2.34 bits per heavy atom. The monoisotopic (exact) mass is 617 g/mol. The summed E-state index contributed by atoms with van der Waals surface area (Å²) in [6.45, 7) is 1.91. The summed E-state index contributed by atoms with van der Waals surface area (Å²) in [7, 11) is 6.18. The molecule has 1 aliphatic heterocycles.